The summed E-state index contributed by atoms with van der Waals surface area (Å²) in [5, 5.41) is 52.7. The van der Waals surface area contributed by atoms with Crippen molar-refractivity contribution < 1.29 is 73.2 Å². The zero-order valence-electron chi connectivity index (χ0n) is 38.3. The Balaban J connectivity index is 3.43. The summed E-state index contributed by atoms with van der Waals surface area (Å²) in [6, 6.07) is -11.9. The molecule has 0 saturated carbocycles. The Hall–Kier alpha value is -6.64. The number of nitrogens with one attached hydrogen (secondary N) is 6. The summed E-state index contributed by atoms with van der Waals surface area (Å²) in [7, 11) is 0. The van der Waals surface area contributed by atoms with Crippen molar-refractivity contribution in [1.82, 2.24) is 36.8 Å². The molecule has 0 aromatic carbocycles. The summed E-state index contributed by atoms with van der Waals surface area (Å²) in [6.45, 7) is 7.75. The molecule has 10 atom stereocenters. The molecule has 0 bridgehead atoms. The lowest BCUT2D eigenvalue weighted by Gasteiger charge is -2.32. The van der Waals surface area contributed by atoms with E-state index in [0.29, 0.717) is 0 Å². The second-order valence-corrected chi connectivity index (χ2v) is 16.6. The van der Waals surface area contributed by atoms with E-state index in [2.05, 4.69) is 36.9 Å². The molecule has 27 nitrogen and oxygen atoms in total. The Morgan fingerprint density at radius 1 is 0.672 bits per heavy atom. The number of likely N-dealkylation sites (tertiary alicyclic amines) is 1. The molecule has 1 aliphatic rings. The predicted octanol–water partition coefficient (Wildman–Crippen LogP) is -4.96. The van der Waals surface area contributed by atoms with Crippen molar-refractivity contribution in [3.05, 3.63) is 0 Å². The molecule has 1 heterocycles. The van der Waals surface area contributed by atoms with Gasteiger partial charge in [0.1, 0.15) is 42.3 Å². The van der Waals surface area contributed by atoms with Crippen LogP contribution >= 0.6 is 0 Å². The molecule has 67 heavy (non-hydrogen) atoms. The van der Waals surface area contributed by atoms with Gasteiger partial charge in [0.15, 0.2) is 5.96 Å². The molecule has 0 spiro atoms. The van der Waals surface area contributed by atoms with Gasteiger partial charge >= 0.3 is 17.9 Å². The van der Waals surface area contributed by atoms with Gasteiger partial charge in [-0.25, -0.2) is 4.79 Å². The lowest BCUT2D eigenvalue weighted by atomic mass is 9.96. The zero-order chi connectivity index (χ0) is 51.3. The van der Waals surface area contributed by atoms with Gasteiger partial charge in [-0.05, 0) is 57.3 Å². The van der Waals surface area contributed by atoms with Gasteiger partial charge in [-0.2, -0.15) is 0 Å². The Morgan fingerprint density at radius 3 is 1.69 bits per heavy atom. The molecule has 0 aliphatic carbocycles. The highest BCUT2D eigenvalue weighted by Gasteiger charge is 2.42. The number of rotatable bonds is 30. The highest BCUT2D eigenvalue weighted by atomic mass is 16.4. The number of hydrogen-bond donors (Lipinski definition) is 14. The van der Waals surface area contributed by atoms with E-state index in [-0.39, 0.29) is 57.1 Å². The van der Waals surface area contributed by atoms with Crippen LogP contribution in [0.15, 0.2) is 4.99 Å². The fraction of sp³-hybridized carbons (Fsp3) is 0.700. The van der Waals surface area contributed by atoms with Crippen LogP contribution in [-0.4, -0.2) is 164 Å². The average Bonchev–Trinajstić information content (AvgIpc) is 3.74. The normalized spacial score (nSPS) is 17.4. The summed E-state index contributed by atoms with van der Waals surface area (Å²) in [6.07, 6.45) is -4.03. The summed E-state index contributed by atoms with van der Waals surface area (Å²) < 4.78 is 0. The summed E-state index contributed by atoms with van der Waals surface area (Å²) in [4.78, 5) is 146. The van der Waals surface area contributed by atoms with Gasteiger partial charge in [-0.1, -0.05) is 34.1 Å². The molecule has 18 N–H and O–H groups in total. The third-order valence-electron chi connectivity index (χ3n) is 10.9. The van der Waals surface area contributed by atoms with Crippen LogP contribution < -0.4 is 54.8 Å². The van der Waals surface area contributed by atoms with Gasteiger partial charge in [-0.15, -0.1) is 0 Å². The number of carboxylic acids is 3. The number of carboxylic acid groups (broad SMARTS) is 3. The van der Waals surface area contributed by atoms with Gasteiger partial charge in [0.05, 0.1) is 18.6 Å². The molecule has 0 aromatic rings. The predicted molar refractivity (Wildman–Crippen MR) is 235 cm³/mol. The number of carbonyl (C=O) groups is 11. The second kappa shape index (κ2) is 28.4. The molecule has 27 heteroatoms. The van der Waals surface area contributed by atoms with Crippen molar-refractivity contribution in [3.63, 3.8) is 0 Å². The van der Waals surface area contributed by atoms with Crippen molar-refractivity contribution in [1.29, 1.82) is 0 Å². The van der Waals surface area contributed by atoms with Crippen molar-refractivity contribution in [2.45, 2.75) is 153 Å². The van der Waals surface area contributed by atoms with Crippen LogP contribution in [0.1, 0.15) is 98.8 Å². The number of hydrogen-bond acceptors (Lipinski definition) is 14. The minimum Gasteiger partial charge on any atom is -0.481 e. The number of nitrogens with two attached hydrogens (primary N) is 4. The van der Waals surface area contributed by atoms with Crippen LogP contribution in [-0.2, 0) is 52.7 Å². The molecule has 0 radical (unpaired) electrons. The number of aliphatic carboxylic acids is 3. The smallest absolute Gasteiger partial charge is 0.326 e. The van der Waals surface area contributed by atoms with E-state index in [4.69, 9.17) is 28.0 Å². The maximum Gasteiger partial charge on any atom is 0.326 e. The third-order valence-corrected chi connectivity index (χ3v) is 10.9. The zero-order valence-corrected chi connectivity index (χ0v) is 38.3. The van der Waals surface area contributed by atoms with Crippen LogP contribution in [0.5, 0.6) is 0 Å². The molecule has 0 unspecified atom stereocenters. The highest BCUT2D eigenvalue weighted by molar-refractivity contribution is 5.99. The fourth-order valence-electron chi connectivity index (χ4n) is 6.70. The molecular formula is C40H68N12O15. The minimum absolute atomic E-state index is 0.0243. The molecule has 378 valence electrons. The number of carbonyl (C=O) groups excluding carboxylic acids is 8. The number of amides is 8. The lowest BCUT2D eigenvalue weighted by Crippen LogP contribution is -2.62. The van der Waals surface area contributed by atoms with Crippen LogP contribution in [0.4, 0.5) is 0 Å². The quantitative estimate of drug-likeness (QED) is 0.0182. The standard InChI is InChI=1S/C40H68N12O15/c1-6-19(4)30(37(64)47-21(9-7-15-45-40(43)44)32(59)49-24(17-26(41)54)34(61)48-23(39(66)67)12-14-28(57)58)50-35(62)25-10-8-16-52(25)38(65)31(20(5)53)51-33(60)22(11-13-27(55)56)46-36(63)29(42)18(2)3/h18-25,29-31,53H,6-17,42H2,1-5H3,(H2,41,54)(H,46,63)(H,47,64)(H,48,61)(H,49,59)(H,50,62)(H,51,60)(H,55,56)(H,57,58)(H,66,67)(H4,43,44,45)/t19-,20+,21-,22-,23-,24-,25-,29-,30-,31-/m0/s1. The maximum atomic E-state index is 14.1. The minimum atomic E-state index is -1.79. The van der Waals surface area contributed by atoms with Gasteiger partial charge in [0.2, 0.25) is 47.3 Å². The lowest BCUT2D eigenvalue weighted by molar-refractivity contribution is -0.145. The maximum absolute atomic E-state index is 14.1. The first-order valence-corrected chi connectivity index (χ1v) is 21.8. The van der Waals surface area contributed by atoms with E-state index in [0.717, 1.165) is 4.90 Å². The van der Waals surface area contributed by atoms with E-state index in [1.807, 2.05) is 0 Å². The Morgan fingerprint density at radius 2 is 1.18 bits per heavy atom. The first-order valence-electron chi connectivity index (χ1n) is 21.8. The fourth-order valence-corrected chi connectivity index (χ4v) is 6.70. The van der Waals surface area contributed by atoms with Crippen LogP contribution in [0.3, 0.4) is 0 Å². The summed E-state index contributed by atoms with van der Waals surface area (Å²) in [5.41, 5.74) is 22.0. The van der Waals surface area contributed by atoms with Gasteiger partial charge < -0.3 is 80.2 Å². The molecular weight excluding hydrogens is 889 g/mol. The number of aliphatic hydroxyl groups is 1. The number of aliphatic imine (C=N–C) groups is 1. The SMILES string of the molecule is CC[C@H](C)[C@H](NC(=O)[C@@H]1CCCN1C(=O)[C@@H](NC(=O)[C@H](CCC(=O)O)NC(=O)[C@@H](N)C(C)C)[C@@H](C)O)C(=O)N[C@@H](CCCN=C(N)N)C(=O)N[C@@H](CC(N)=O)C(=O)N[C@@H](CCC(=O)O)C(=O)O. The van der Waals surface area contributed by atoms with Crippen molar-refractivity contribution in [2.24, 2.45) is 39.8 Å². The highest BCUT2D eigenvalue weighted by Crippen LogP contribution is 2.21. The van der Waals surface area contributed by atoms with E-state index >= 15 is 0 Å². The van der Waals surface area contributed by atoms with Crippen molar-refractivity contribution in [2.75, 3.05) is 13.1 Å². The largest absolute Gasteiger partial charge is 0.481 e. The first kappa shape index (κ1) is 58.4. The molecule has 1 aliphatic heterocycles. The summed E-state index contributed by atoms with van der Waals surface area (Å²) >= 11 is 0. The van der Waals surface area contributed by atoms with Crippen molar-refractivity contribution in [3.8, 4) is 0 Å². The number of primary amides is 1. The van der Waals surface area contributed by atoms with E-state index in [1.54, 1.807) is 27.7 Å². The van der Waals surface area contributed by atoms with Crippen LogP contribution in [0.2, 0.25) is 0 Å². The van der Waals surface area contributed by atoms with Crippen LogP contribution in [0, 0.1) is 11.8 Å². The number of guanidine groups is 1. The molecule has 1 fully saturated rings. The molecule has 0 aromatic heterocycles. The van der Waals surface area contributed by atoms with Gasteiger partial charge in [0.25, 0.3) is 0 Å². The van der Waals surface area contributed by atoms with Gasteiger partial charge in [0, 0.05) is 25.9 Å². The summed E-state index contributed by atoms with van der Waals surface area (Å²) in [5.74, 6) is -13.2. The van der Waals surface area contributed by atoms with Crippen molar-refractivity contribution >= 4 is 71.1 Å². The Bertz CT molecular complexity index is 1830. The van der Waals surface area contributed by atoms with Crippen LogP contribution in [0.25, 0.3) is 0 Å². The van der Waals surface area contributed by atoms with Gasteiger partial charge in [-0.3, -0.25) is 52.9 Å². The monoisotopic (exact) mass is 956 g/mol. The topological polar surface area (TPSA) is 461 Å². The Labute approximate surface area is 386 Å². The molecule has 8 amide bonds. The number of aliphatic hydroxyl groups excluding tert-OH is 1. The first-order chi connectivity index (χ1) is 31.2. The molecule has 1 rings (SSSR count). The average molecular weight is 957 g/mol. The third kappa shape index (κ3) is 20.2. The number of nitrogens with zero attached hydrogens (tertiary/aromatic N) is 2. The second-order valence-electron chi connectivity index (χ2n) is 16.6. The van der Waals surface area contributed by atoms with E-state index in [1.165, 1.54) is 6.92 Å². The van der Waals surface area contributed by atoms with E-state index < -0.39 is 158 Å². The molecule has 1 saturated heterocycles. The Kier molecular flexibility index (Phi) is 24.8. The van der Waals surface area contributed by atoms with E-state index in [9.17, 15) is 68.1 Å².